The Morgan fingerprint density at radius 1 is 1.10 bits per heavy atom. The van der Waals surface area contributed by atoms with Crippen LogP contribution >= 0.6 is 0 Å². The molecule has 0 spiro atoms. The average molecular weight is 306 g/mol. The Labute approximate surface area is 122 Å². The van der Waals surface area contributed by atoms with Gasteiger partial charge in [0, 0.05) is 17.8 Å². The third kappa shape index (κ3) is 3.79. The molecule has 0 amide bonds. The summed E-state index contributed by atoms with van der Waals surface area (Å²) >= 11 is 0. The topological polar surface area (TPSA) is 103 Å². The highest BCUT2D eigenvalue weighted by Crippen LogP contribution is 2.17. The van der Waals surface area contributed by atoms with Crippen LogP contribution in [0.3, 0.4) is 0 Å². The van der Waals surface area contributed by atoms with Gasteiger partial charge in [0.05, 0.1) is 15.6 Å². The molecule has 2 rings (SSSR count). The molecule has 0 aliphatic rings. The van der Waals surface area contributed by atoms with E-state index in [1.807, 2.05) is 0 Å². The number of nitro benzene ring substituents is 1. The Morgan fingerprint density at radius 3 is 2.33 bits per heavy atom. The maximum absolute atomic E-state index is 12.2. The van der Waals surface area contributed by atoms with Gasteiger partial charge in [-0.05, 0) is 30.2 Å². The molecule has 0 atom stereocenters. The van der Waals surface area contributed by atoms with Gasteiger partial charge in [-0.25, -0.2) is 8.42 Å². The van der Waals surface area contributed by atoms with Crippen molar-refractivity contribution in [2.24, 2.45) is 0 Å². The van der Waals surface area contributed by atoms with E-state index >= 15 is 0 Å². The lowest BCUT2D eigenvalue weighted by Gasteiger charge is -2.05. The van der Waals surface area contributed by atoms with Crippen LogP contribution in [-0.2, 0) is 16.3 Å². The van der Waals surface area contributed by atoms with Crippen molar-refractivity contribution in [3.05, 3.63) is 64.2 Å². The summed E-state index contributed by atoms with van der Waals surface area (Å²) in [5.41, 5.74) is 6.69. The van der Waals surface area contributed by atoms with E-state index in [9.17, 15) is 18.5 Å². The van der Waals surface area contributed by atoms with E-state index in [0.29, 0.717) is 5.69 Å². The molecule has 0 saturated heterocycles. The molecule has 0 aliphatic carbocycles. The normalized spacial score (nSPS) is 11.2. The van der Waals surface area contributed by atoms with Gasteiger partial charge in [-0.15, -0.1) is 0 Å². The number of sulfone groups is 1. The standard InChI is InChI=1S/C14H14N2O4S/c15-12-2-1-3-14(10-12)21(19,20)9-8-11-4-6-13(7-5-11)16(17)18/h1-7,10H,8-9,15H2. The van der Waals surface area contributed by atoms with Crippen molar-refractivity contribution in [3.8, 4) is 0 Å². The molecule has 2 aromatic rings. The van der Waals surface area contributed by atoms with Gasteiger partial charge in [-0.2, -0.15) is 0 Å². The summed E-state index contributed by atoms with van der Waals surface area (Å²) in [5, 5.41) is 10.5. The number of nitrogen functional groups attached to an aromatic ring is 1. The second kappa shape index (κ2) is 5.92. The molecule has 0 fully saturated rings. The predicted octanol–water partition coefficient (Wildman–Crippen LogP) is 2.19. The number of hydrogen-bond acceptors (Lipinski definition) is 5. The van der Waals surface area contributed by atoms with Gasteiger partial charge in [-0.3, -0.25) is 10.1 Å². The molecule has 110 valence electrons. The number of hydrogen-bond donors (Lipinski definition) is 1. The van der Waals surface area contributed by atoms with Crippen LogP contribution < -0.4 is 5.73 Å². The molecular formula is C14H14N2O4S. The molecule has 0 aromatic heterocycles. The molecule has 0 heterocycles. The molecule has 0 bridgehead atoms. The minimum Gasteiger partial charge on any atom is -0.399 e. The van der Waals surface area contributed by atoms with Crippen molar-refractivity contribution in [2.45, 2.75) is 11.3 Å². The van der Waals surface area contributed by atoms with Crippen molar-refractivity contribution in [1.82, 2.24) is 0 Å². The maximum atomic E-state index is 12.2. The molecule has 21 heavy (non-hydrogen) atoms. The Morgan fingerprint density at radius 2 is 1.76 bits per heavy atom. The number of anilines is 1. The Hall–Kier alpha value is -2.41. The lowest BCUT2D eigenvalue weighted by atomic mass is 10.1. The lowest BCUT2D eigenvalue weighted by Crippen LogP contribution is -2.09. The molecular weight excluding hydrogens is 292 g/mol. The molecule has 2 N–H and O–H groups in total. The minimum atomic E-state index is -3.42. The van der Waals surface area contributed by atoms with Crippen LogP contribution in [0.2, 0.25) is 0 Å². The van der Waals surface area contributed by atoms with Crippen LogP contribution in [-0.4, -0.2) is 19.1 Å². The third-order valence-corrected chi connectivity index (χ3v) is 4.74. The van der Waals surface area contributed by atoms with Crippen molar-refractivity contribution < 1.29 is 13.3 Å². The van der Waals surface area contributed by atoms with E-state index in [1.54, 1.807) is 24.3 Å². The fourth-order valence-corrected chi connectivity index (χ4v) is 3.20. The van der Waals surface area contributed by atoms with Gasteiger partial charge in [0.1, 0.15) is 0 Å². The van der Waals surface area contributed by atoms with Crippen LogP contribution in [0.1, 0.15) is 5.56 Å². The van der Waals surface area contributed by atoms with E-state index < -0.39 is 14.8 Å². The number of benzene rings is 2. The second-order valence-corrected chi connectivity index (χ2v) is 6.67. The summed E-state index contributed by atoms with van der Waals surface area (Å²) in [6.07, 6.45) is 0.287. The van der Waals surface area contributed by atoms with Gasteiger partial charge in [-0.1, -0.05) is 18.2 Å². The van der Waals surface area contributed by atoms with E-state index in [4.69, 9.17) is 5.73 Å². The summed E-state index contributed by atoms with van der Waals surface area (Å²) < 4.78 is 24.3. The number of rotatable bonds is 5. The largest absolute Gasteiger partial charge is 0.399 e. The van der Waals surface area contributed by atoms with Crippen molar-refractivity contribution in [3.63, 3.8) is 0 Å². The Balaban J connectivity index is 2.10. The zero-order chi connectivity index (χ0) is 15.5. The van der Waals surface area contributed by atoms with Gasteiger partial charge in [0.15, 0.2) is 9.84 Å². The molecule has 0 saturated carbocycles. The summed E-state index contributed by atoms with van der Waals surface area (Å²) in [4.78, 5) is 10.2. The lowest BCUT2D eigenvalue weighted by molar-refractivity contribution is -0.384. The number of non-ortho nitro benzene ring substituents is 1. The van der Waals surface area contributed by atoms with Crippen molar-refractivity contribution >= 4 is 21.2 Å². The van der Waals surface area contributed by atoms with Gasteiger partial charge >= 0.3 is 0 Å². The number of nitro groups is 1. The monoisotopic (exact) mass is 306 g/mol. The highest BCUT2D eigenvalue weighted by atomic mass is 32.2. The van der Waals surface area contributed by atoms with Crippen LogP contribution in [0.25, 0.3) is 0 Å². The fourth-order valence-electron chi connectivity index (χ4n) is 1.86. The molecule has 0 aliphatic heterocycles. The minimum absolute atomic E-state index is 0.0163. The van der Waals surface area contributed by atoms with Crippen molar-refractivity contribution in [2.75, 3.05) is 11.5 Å². The first-order valence-corrected chi connectivity index (χ1v) is 7.85. The summed E-state index contributed by atoms with van der Waals surface area (Å²) in [6, 6.07) is 12.0. The molecule has 0 unspecified atom stereocenters. The van der Waals surface area contributed by atoms with E-state index in [2.05, 4.69) is 0 Å². The van der Waals surface area contributed by atoms with E-state index in [1.165, 1.54) is 24.3 Å². The summed E-state index contributed by atoms with van der Waals surface area (Å²) in [7, 11) is -3.42. The molecule has 7 heteroatoms. The Bertz CT molecular complexity index is 755. The summed E-state index contributed by atoms with van der Waals surface area (Å²) in [5.74, 6) is -0.0751. The van der Waals surface area contributed by atoms with Crippen molar-refractivity contribution in [1.29, 1.82) is 0 Å². The predicted molar refractivity (Wildman–Crippen MR) is 79.7 cm³/mol. The Kier molecular flexibility index (Phi) is 4.23. The molecule has 6 nitrogen and oxygen atoms in total. The highest BCUT2D eigenvalue weighted by molar-refractivity contribution is 7.91. The second-order valence-electron chi connectivity index (χ2n) is 4.56. The first kappa shape index (κ1) is 15.0. The maximum Gasteiger partial charge on any atom is 0.269 e. The van der Waals surface area contributed by atoms with E-state index in [0.717, 1.165) is 5.56 Å². The quantitative estimate of drug-likeness (QED) is 0.518. The first-order valence-electron chi connectivity index (χ1n) is 6.20. The summed E-state index contributed by atoms with van der Waals surface area (Å²) in [6.45, 7) is 0. The van der Waals surface area contributed by atoms with Gasteiger partial charge < -0.3 is 5.73 Å². The molecule has 0 radical (unpaired) electrons. The van der Waals surface area contributed by atoms with E-state index in [-0.39, 0.29) is 22.8 Å². The first-order chi connectivity index (χ1) is 9.88. The van der Waals surface area contributed by atoms with Crippen LogP contribution in [0.5, 0.6) is 0 Å². The average Bonchev–Trinajstić information content (AvgIpc) is 2.45. The van der Waals surface area contributed by atoms with Gasteiger partial charge in [0.2, 0.25) is 0 Å². The zero-order valence-electron chi connectivity index (χ0n) is 11.1. The zero-order valence-corrected chi connectivity index (χ0v) is 11.9. The van der Waals surface area contributed by atoms with Crippen LogP contribution in [0.15, 0.2) is 53.4 Å². The van der Waals surface area contributed by atoms with Gasteiger partial charge in [0.25, 0.3) is 5.69 Å². The van der Waals surface area contributed by atoms with Crippen LogP contribution in [0.4, 0.5) is 11.4 Å². The number of aryl methyl sites for hydroxylation is 1. The molecule has 2 aromatic carbocycles. The SMILES string of the molecule is Nc1cccc(S(=O)(=O)CCc2ccc([N+](=O)[O-])cc2)c1. The smallest absolute Gasteiger partial charge is 0.269 e. The van der Waals surface area contributed by atoms with Crippen LogP contribution in [0, 0.1) is 10.1 Å². The number of nitrogens with zero attached hydrogens (tertiary/aromatic N) is 1. The number of nitrogens with two attached hydrogens (primary N) is 1. The fraction of sp³-hybridized carbons (Fsp3) is 0.143. The highest BCUT2D eigenvalue weighted by Gasteiger charge is 2.15. The third-order valence-electron chi connectivity index (χ3n) is 3.02.